The second-order valence-electron chi connectivity index (χ2n) is 3.84. The molecule has 0 radical (unpaired) electrons. The van der Waals surface area contributed by atoms with Gasteiger partial charge in [-0.1, -0.05) is 6.07 Å². The van der Waals surface area contributed by atoms with E-state index < -0.39 is 0 Å². The SMILES string of the molecule is CCOc1ccc(-c2cncc(O)c2)c(C)c1. The van der Waals surface area contributed by atoms with E-state index in [0.29, 0.717) is 6.61 Å². The smallest absolute Gasteiger partial charge is 0.134 e. The Kier molecular flexibility index (Phi) is 3.28. The first-order valence-corrected chi connectivity index (χ1v) is 5.58. The lowest BCUT2D eigenvalue weighted by Gasteiger charge is -2.09. The van der Waals surface area contributed by atoms with Gasteiger partial charge in [-0.05, 0) is 43.2 Å². The number of benzene rings is 1. The van der Waals surface area contributed by atoms with Gasteiger partial charge in [0.15, 0.2) is 0 Å². The van der Waals surface area contributed by atoms with Gasteiger partial charge < -0.3 is 9.84 Å². The summed E-state index contributed by atoms with van der Waals surface area (Å²) in [4.78, 5) is 3.98. The summed E-state index contributed by atoms with van der Waals surface area (Å²) >= 11 is 0. The first-order valence-electron chi connectivity index (χ1n) is 5.58. The Balaban J connectivity index is 2.39. The van der Waals surface area contributed by atoms with Gasteiger partial charge in [0, 0.05) is 11.8 Å². The number of rotatable bonds is 3. The fraction of sp³-hybridized carbons (Fsp3) is 0.214. The highest BCUT2D eigenvalue weighted by Gasteiger charge is 2.04. The number of aromatic nitrogens is 1. The Morgan fingerprint density at radius 1 is 1.24 bits per heavy atom. The number of aryl methyl sites for hydroxylation is 1. The van der Waals surface area contributed by atoms with E-state index in [9.17, 15) is 5.11 Å². The number of nitrogens with zero attached hydrogens (tertiary/aromatic N) is 1. The van der Waals surface area contributed by atoms with Crippen molar-refractivity contribution in [3.63, 3.8) is 0 Å². The van der Waals surface area contributed by atoms with Crippen LogP contribution in [0.25, 0.3) is 11.1 Å². The van der Waals surface area contributed by atoms with E-state index in [4.69, 9.17) is 4.74 Å². The average Bonchev–Trinajstić information content (AvgIpc) is 2.29. The summed E-state index contributed by atoms with van der Waals surface area (Å²) in [6.07, 6.45) is 3.16. The minimum atomic E-state index is 0.177. The molecule has 0 atom stereocenters. The van der Waals surface area contributed by atoms with E-state index in [1.807, 2.05) is 32.0 Å². The Morgan fingerprint density at radius 2 is 2.06 bits per heavy atom. The van der Waals surface area contributed by atoms with Gasteiger partial charge in [0.1, 0.15) is 11.5 Å². The van der Waals surface area contributed by atoms with Crippen molar-refractivity contribution in [1.82, 2.24) is 4.98 Å². The lowest BCUT2D eigenvalue weighted by atomic mass is 10.0. The zero-order valence-electron chi connectivity index (χ0n) is 9.97. The Labute approximate surface area is 101 Å². The fourth-order valence-electron chi connectivity index (χ4n) is 1.79. The Hall–Kier alpha value is -2.03. The fourth-order valence-corrected chi connectivity index (χ4v) is 1.79. The molecule has 3 nitrogen and oxygen atoms in total. The van der Waals surface area contributed by atoms with Gasteiger partial charge in [-0.25, -0.2) is 0 Å². The van der Waals surface area contributed by atoms with E-state index in [1.165, 1.54) is 6.20 Å². The van der Waals surface area contributed by atoms with Crippen molar-refractivity contribution in [2.24, 2.45) is 0 Å². The molecule has 0 fully saturated rings. The molecule has 0 aliphatic carbocycles. The highest BCUT2D eigenvalue weighted by atomic mass is 16.5. The van der Waals surface area contributed by atoms with Crippen molar-refractivity contribution in [3.05, 3.63) is 42.2 Å². The van der Waals surface area contributed by atoms with Crippen LogP contribution in [0.4, 0.5) is 0 Å². The van der Waals surface area contributed by atoms with Crippen LogP contribution in [-0.4, -0.2) is 16.7 Å². The van der Waals surface area contributed by atoms with Crippen molar-refractivity contribution < 1.29 is 9.84 Å². The molecular weight excluding hydrogens is 214 g/mol. The van der Waals surface area contributed by atoms with Gasteiger partial charge >= 0.3 is 0 Å². The Morgan fingerprint density at radius 3 is 2.71 bits per heavy atom. The molecule has 88 valence electrons. The minimum Gasteiger partial charge on any atom is -0.506 e. The molecule has 0 saturated heterocycles. The molecule has 0 aliphatic heterocycles. The largest absolute Gasteiger partial charge is 0.506 e. The second kappa shape index (κ2) is 4.87. The standard InChI is InChI=1S/C14H15NO2/c1-3-17-13-4-5-14(10(2)6-13)11-7-12(16)9-15-8-11/h4-9,16H,3H2,1-2H3. The van der Waals surface area contributed by atoms with Crippen LogP contribution in [0.3, 0.4) is 0 Å². The number of aromatic hydroxyl groups is 1. The summed E-state index contributed by atoms with van der Waals surface area (Å²) in [6.45, 7) is 4.64. The van der Waals surface area contributed by atoms with E-state index in [0.717, 1.165) is 22.4 Å². The summed E-state index contributed by atoms with van der Waals surface area (Å²) in [5, 5.41) is 9.42. The molecule has 0 unspecified atom stereocenters. The molecule has 1 aromatic carbocycles. The average molecular weight is 229 g/mol. The van der Waals surface area contributed by atoms with Crippen LogP contribution < -0.4 is 4.74 Å². The van der Waals surface area contributed by atoms with Crippen LogP contribution in [0, 0.1) is 6.92 Å². The van der Waals surface area contributed by atoms with Gasteiger partial charge in [-0.15, -0.1) is 0 Å². The predicted molar refractivity (Wildman–Crippen MR) is 67.2 cm³/mol. The number of ether oxygens (including phenoxy) is 1. The lowest BCUT2D eigenvalue weighted by Crippen LogP contribution is -1.92. The number of pyridine rings is 1. The molecule has 0 aliphatic rings. The third-order valence-corrected chi connectivity index (χ3v) is 2.54. The molecule has 1 aromatic heterocycles. The van der Waals surface area contributed by atoms with Crippen LogP contribution in [0.2, 0.25) is 0 Å². The van der Waals surface area contributed by atoms with Crippen molar-refractivity contribution in [2.45, 2.75) is 13.8 Å². The maximum absolute atomic E-state index is 9.42. The highest BCUT2D eigenvalue weighted by molar-refractivity contribution is 5.68. The molecule has 1 N–H and O–H groups in total. The summed E-state index contributed by atoms with van der Waals surface area (Å²) in [7, 11) is 0. The van der Waals surface area contributed by atoms with Gasteiger partial charge in [0.05, 0.1) is 12.8 Å². The third-order valence-electron chi connectivity index (χ3n) is 2.54. The van der Waals surface area contributed by atoms with Crippen LogP contribution in [-0.2, 0) is 0 Å². The third kappa shape index (κ3) is 2.56. The Bertz CT molecular complexity index is 523. The normalized spacial score (nSPS) is 10.2. The van der Waals surface area contributed by atoms with Gasteiger partial charge in [-0.2, -0.15) is 0 Å². The van der Waals surface area contributed by atoms with E-state index >= 15 is 0 Å². The molecular formula is C14H15NO2. The van der Waals surface area contributed by atoms with Crippen molar-refractivity contribution in [2.75, 3.05) is 6.61 Å². The molecule has 0 bridgehead atoms. The van der Waals surface area contributed by atoms with Crippen LogP contribution in [0.5, 0.6) is 11.5 Å². The van der Waals surface area contributed by atoms with Crippen LogP contribution in [0.15, 0.2) is 36.7 Å². The van der Waals surface area contributed by atoms with Gasteiger partial charge in [0.2, 0.25) is 0 Å². The first kappa shape index (κ1) is 11.5. The molecule has 3 heteroatoms. The van der Waals surface area contributed by atoms with E-state index in [1.54, 1.807) is 12.3 Å². The second-order valence-corrected chi connectivity index (χ2v) is 3.84. The zero-order chi connectivity index (χ0) is 12.3. The molecule has 2 rings (SSSR count). The maximum atomic E-state index is 9.42. The van der Waals surface area contributed by atoms with E-state index in [2.05, 4.69) is 4.98 Å². The number of hydrogen-bond acceptors (Lipinski definition) is 3. The topological polar surface area (TPSA) is 42.4 Å². The van der Waals surface area contributed by atoms with Gasteiger partial charge in [-0.3, -0.25) is 4.98 Å². The quantitative estimate of drug-likeness (QED) is 0.879. The van der Waals surface area contributed by atoms with Gasteiger partial charge in [0.25, 0.3) is 0 Å². The molecule has 2 aromatic rings. The molecule has 17 heavy (non-hydrogen) atoms. The summed E-state index contributed by atoms with van der Waals surface area (Å²) in [5.74, 6) is 1.04. The summed E-state index contributed by atoms with van der Waals surface area (Å²) in [6, 6.07) is 7.60. The summed E-state index contributed by atoms with van der Waals surface area (Å²) in [5.41, 5.74) is 3.06. The van der Waals surface area contributed by atoms with Crippen molar-refractivity contribution in [3.8, 4) is 22.6 Å². The van der Waals surface area contributed by atoms with Crippen molar-refractivity contribution in [1.29, 1.82) is 0 Å². The molecule has 0 spiro atoms. The molecule has 0 amide bonds. The lowest BCUT2D eigenvalue weighted by molar-refractivity contribution is 0.340. The highest BCUT2D eigenvalue weighted by Crippen LogP contribution is 2.28. The summed E-state index contributed by atoms with van der Waals surface area (Å²) < 4.78 is 5.44. The predicted octanol–water partition coefficient (Wildman–Crippen LogP) is 3.16. The number of hydrogen-bond donors (Lipinski definition) is 1. The minimum absolute atomic E-state index is 0.177. The van der Waals surface area contributed by atoms with Crippen LogP contribution in [0.1, 0.15) is 12.5 Å². The first-order chi connectivity index (χ1) is 8.20. The zero-order valence-corrected chi connectivity index (χ0v) is 9.97. The maximum Gasteiger partial charge on any atom is 0.134 e. The monoisotopic (exact) mass is 229 g/mol. The van der Waals surface area contributed by atoms with E-state index in [-0.39, 0.29) is 5.75 Å². The van der Waals surface area contributed by atoms with Crippen molar-refractivity contribution >= 4 is 0 Å². The van der Waals surface area contributed by atoms with Crippen LogP contribution >= 0.6 is 0 Å². The molecule has 1 heterocycles. The molecule has 0 saturated carbocycles.